The lowest BCUT2D eigenvalue weighted by Gasteiger charge is -2.11. The zero-order chi connectivity index (χ0) is 27.4. The summed E-state index contributed by atoms with van der Waals surface area (Å²) in [6, 6.07) is 25.7. The molecule has 5 aromatic rings. The zero-order valence-corrected chi connectivity index (χ0v) is 23.4. The van der Waals surface area contributed by atoms with Gasteiger partial charge in [-0.25, -0.2) is 5.43 Å². The number of para-hydroxylation sites is 2. The number of amides is 1. The lowest BCUT2D eigenvalue weighted by atomic mass is 10.2. The lowest BCUT2D eigenvalue weighted by molar-refractivity contribution is 0.0950. The smallest absolute Gasteiger partial charge is 0.275 e. The molecule has 0 aliphatic carbocycles. The fraction of sp³-hybridized carbons (Fsp3) is 0.0667. The van der Waals surface area contributed by atoms with Gasteiger partial charge in [0.2, 0.25) is 0 Å². The number of nitrogens with zero attached hydrogens (tertiary/aromatic N) is 2. The monoisotopic (exact) mass is 595 g/mol. The van der Waals surface area contributed by atoms with E-state index >= 15 is 0 Å². The van der Waals surface area contributed by atoms with Gasteiger partial charge in [0, 0.05) is 44.8 Å². The van der Waals surface area contributed by atoms with Crippen molar-refractivity contribution >= 4 is 69.4 Å². The number of fused-ring (bicyclic) bond motifs is 1. The molecule has 1 amide bonds. The van der Waals surface area contributed by atoms with Crippen LogP contribution in [-0.2, 0) is 13.2 Å². The van der Waals surface area contributed by atoms with Crippen molar-refractivity contribution in [2.75, 3.05) is 0 Å². The molecule has 0 aliphatic heterocycles. The number of rotatable bonds is 8. The maximum absolute atomic E-state index is 13.0. The summed E-state index contributed by atoms with van der Waals surface area (Å²) in [5.74, 6) is 0.0121. The second-order valence-electron chi connectivity index (χ2n) is 8.70. The highest BCUT2D eigenvalue weighted by molar-refractivity contribution is 6.42. The minimum Gasteiger partial charge on any atom is -0.488 e. The average molecular weight is 597 g/mol. The van der Waals surface area contributed by atoms with Crippen LogP contribution in [0.1, 0.15) is 27.0 Å². The number of carbonyl (C=O) groups excluding carboxylic acids is 1. The molecule has 196 valence electrons. The predicted molar refractivity (Wildman–Crippen MR) is 160 cm³/mol. The van der Waals surface area contributed by atoms with Crippen LogP contribution < -0.4 is 10.2 Å². The van der Waals surface area contributed by atoms with Gasteiger partial charge in [-0.15, -0.1) is 0 Å². The Morgan fingerprint density at radius 3 is 2.49 bits per heavy atom. The molecule has 39 heavy (non-hydrogen) atoms. The summed E-state index contributed by atoms with van der Waals surface area (Å²) < 4.78 is 8.00. The summed E-state index contributed by atoms with van der Waals surface area (Å²) in [5.41, 5.74) is 6.60. The Balaban J connectivity index is 1.31. The van der Waals surface area contributed by atoms with Gasteiger partial charge in [-0.05, 0) is 48.0 Å². The standard InChI is InChI=1S/C30H21Cl4N3O2/c31-22-11-10-20(26(33)14-22)18-39-29-8-4-2-6-24(29)30(38)36-35-15-21-17-37(28-7-3-1-5-23(21)28)16-19-9-12-25(32)27(34)13-19/h1-15,17H,16,18H2,(H,36,38)/b35-15-. The first kappa shape index (κ1) is 27.1. The number of halogens is 4. The number of ether oxygens (including phenoxy) is 1. The number of hydrogen-bond acceptors (Lipinski definition) is 3. The Hall–Kier alpha value is -3.48. The predicted octanol–water partition coefficient (Wildman–Crippen LogP) is 8.65. The summed E-state index contributed by atoms with van der Waals surface area (Å²) in [6.45, 7) is 0.780. The molecule has 0 saturated heterocycles. The van der Waals surface area contributed by atoms with Crippen LogP contribution in [0.25, 0.3) is 10.9 Å². The fourth-order valence-electron chi connectivity index (χ4n) is 4.14. The number of nitrogens with one attached hydrogen (secondary N) is 1. The number of benzene rings is 4. The van der Waals surface area contributed by atoms with Crippen molar-refractivity contribution in [2.24, 2.45) is 5.10 Å². The molecule has 5 rings (SSSR count). The van der Waals surface area contributed by atoms with Crippen LogP contribution in [0.3, 0.4) is 0 Å². The highest BCUT2D eigenvalue weighted by atomic mass is 35.5. The summed E-state index contributed by atoms with van der Waals surface area (Å²) in [4.78, 5) is 13.0. The molecule has 1 heterocycles. The molecule has 9 heteroatoms. The van der Waals surface area contributed by atoms with E-state index in [1.54, 1.807) is 54.7 Å². The van der Waals surface area contributed by atoms with E-state index < -0.39 is 5.91 Å². The van der Waals surface area contributed by atoms with Crippen LogP contribution in [0.4, 0.5) is 0 Å². The minimum atomic E-state index is -0.399. The lowest BCUT2D eigenvalue weighted by Crippen LogP contribution is -2.18. The topological polar surface area (TPSA) is 55.6 Å². The van der Waals surface area contributed by atoms with E-state index in [0.29, 0.717) is 37.9 Å². The van der Waals surface area contributed by atoms with Crippen LogP contribution in [-0.4, -0.2) is 16.7 Å². The molecule has 0 aliphatic rings. The molecular weight excluding hydrogens is 576 g/mol. The summed E-state index contributed by atoms with van der Waals surface area (Å²) in [6.07, 6.45) is 3.61. The third kappa shape index (κ3) is 6.40. The molecule has 0 atom stereocenters. The van der Waals surface area contributed by atoms with E-state index in [9.17, 15) is 4.79 Å². The van der Waals surface area contributed by atoms with Gasteiger partial charge in [-0.2, -0.15) is 5.10 Å². The van der Waals surface area contributed by atoms with Gasteiger partial charge in [0.25, 0.3) is 5.91 Å². The molecule has 0 unspecified atom stereocenters. The molecule has 1 aromatic heterocycles. The van der Waals surface area contributed by atoms with Crippen molar-refractivity contribution in [3.63, 3.8) is 0 Å². The van der Waals surface area contributed by atoms with E-state index in [4.69, 9.17) is 51.1 Å². The number of hydrogen-bond donors (Lipinski definition) is 1. The fourth-order valence-corrected chi connectivity index (χ4v) is 4.92. The summed E-state index contributed by atoms with van der Waals surface area (Å²) in [7, 11) is 0. The maximum atomic E-state index is 13.0. The Kier molecular flexibility index (Phi) is 8.44. The van der Waals surface area contributed by atoms with Crippen LogP contribution in [0.5, 0.6) is 5.75 Å². The Labute approximate surface area is 245 Å². The quantitative estimate of drug-likeness (QED) is 0.144. The van der Waals surface area contributed by atoms with Gasteiger partial charge in [0.05, 0.1) is 21.8 Å². The maximum Gasteiger partial charge on any atom is 0.275 e. The molecule has 1 N–H and O–H groups in total. The molecule has 0 fully saturated rings. The van der Waals surface area contributed by atoms with E-state index in [-0.39, 0.29) is 6.61 Å². The van der Waals surface area contributed by atoms with Gasteiger partial charge in [0.1, 0.15) is 12.4 Å². The van der Waals surface area contributed by atoms with Crippen molar-refractivity contribution in [1.82, 2.24) is 9.99 Å². The van der Waals surface area contributed by atoms with Gasteiger partial charge >= 0.3 is 0 Å². The Morgan fingerprint density at radius 2 is 1.67 bits per heavy atom. The van der Waals surface area contributed by atoms with Gasteiger partial charge in [-0.1, -0.05) is 88.9 Å². The highest BCUT2D eigenvalue weighted by Crippen LogP contribution is 2.26. The number of aromatic nitrogens is 1. The van der Waals surface area contributed by atoms with E-state index in [1.807, 2.05) is 42.6 Å². The zero-order valence-electron chi connectivity index (χ0n) is 20.4. The van der Waals surface area contributed by atoms with E-state index in [1.165, 1.54) is 0 Å². The number of carbonyl (C=O) groups is 1. The largest absolute Gasteiger partial charge is 0.488 e. The third-order valence-electron chi connectivity index (χ3n) is 6.06. The summed E-state index contributed by atoms with van der Waals surface area (Å²) in [5, 5.41) is 7.29. The third-order valence-corrected chi connectivity index (χ3v) is 7.38. The van der Waals surface area contributed by atoms with E-state index in [0.717, 1.165) is 27.6 Å². The van der Waals surface area contributed by atoms with Crippen molar-refractivity contribution in [3.8, 4) is 5.75 Å². The molecule has 0 saturated carbocycles. The second-order valence-corrected chi connectivity index (χ2v) is 10.4. The second kappa shape index (κ2) is 12.1. The van der Waals surface area contributed by atoms with Crippen LogP contribution >= 0.6 is 46.4 Å². The normalized spacial score (nSPS) is 11.3. The Bertz CT molecular complexity index is 1700. The van der Waals surface area contributed by atoms with Crippen molar-refractivity contribution in [1.29, 1.82) is 0 Å². The first-order valence-corrected chi connectivity index (χ1v) is 13.4. The molecular formula is C30H21Cl4N3O2. The van der Waals surface area contributed by atoms with Crippen molar-refractivity contribution < 1.29 is 9.53 Å². The molecule has 0 radical (unpaired) electrons. The highest BCUT2D eigenvalue weighted by Gasteiger charge is 2.13. The van der Waals surface area contributed by atoms with Crippen molar-refractivity contribution in [2.45, 2.75) is 13.2 Å². The number of hydrazone groups is 1. The van der Waals surface area contributed by atoms with Crippen molar-refractivity contribution in [3.05, 3.63) is 133 Å². The van der Waals surface area contributed by atoms with Crippen LogP contribution in [0.2, 0.25) is 20.1 Å². The van der Waals surface area contributed by atoms with Gasteiger partial charge < -0.3 is 9.30 Å². The SMILES string of the molecule is O=C(N/N=C\c1cn(Cc2ccc(Cl)c(Cl)c2)c2ccccc12)c1ccccc1OCc1ccc(Cl)cc1Cl. The Morgan fingerprint density at radius 1 is 0.872 bits per heavy atom. The van der Waals surface area contributed by atoms with Gasteiger partial charge in [0.15, 0.2) is 0 Å². The van der Waals surface area contributed by atoms with Gasteiger partial charge in [-0.3, -0.25) is 4.79 Å². The summed E-state index contributed by atoms with van der Waals surface area (Å²) >= 11 is 24.5. The molecule has 0 spiro atoms. The first-order chi connectivity index (χ1) is 18.9. The average Bonchev–Trinajstić information content (AvgIpc) is 3.27. The molecule has 5 nitrogen and oxygen atoms in total. The molecule has 0 bridgehead atoms. The molecule has 4 aromatic carbocycles. The van der Waals surface area contributed by atoms with Crippen LogP contribution in [0, 0.1) is 0 Å². The first-order valence-electron chi connectivity index (χ1n) is 11.9. The minimum absolute atomic E-state index is 0.182. The van der Waals surface area contributed by atoms with E-state index in [2.05, 4.69) is 15.1 Å². The van der Waals surface area contributed by atoms with Crippen LogP contribution in [0.15, 0.2) is 96.2 Å².